The normalized spacial score (nSPS) is 16.5. The van der Waals surface area contributed by atoms with Crippen LogP contribution < -0.4 is 15.4 Å². The fraction of sp³-hybridized carbons (Fsp3) is 0.550. The predicted molar refractivity (Wildman–Crippen MR) is 123 cm³/mol. The Morgan fingerprint density at radius 1 is 1.32 bits per heavy atom. The molecule has 31 heavy (non-hydrogen) atoms. The summed E-state index contributed by atoms with van der Waals surface area (Å²) in [7, 11) is 1.65. The molecule has 2 heterocycles. The summed E-state index contributed by atoms with van der Waals surface area (Å²) < 4.78 is 46.3. The summed E-state index contributed by atoms with van der Waals surface area (Å²) in [5.41, 5.74) is -0.779. The second kappa shape index (κ2) is 11.0. The van der Waals surface area contributed by atoms with E-state index in [9.17, 15) is 13.2 Å². The number of aliphatic imine (C=N–C) groups is 1. The number of aryl methyl sites for hydroxylation is 1. The first kappa shape index (κ1) is 25.2. The van der Waals surface area contributed by atoms with Gasteiger partial charge in [-0.25, -0.2) is 9.67 Å². The van der Waals surface area contributed by atoms with Gasteiger partial charge >= 0.3 is 6.18 Å². The fourth-order valence-corrected chi connectivity index (χ4v) is 3.24. The number of para-hydroxylation sites is 1. The fourth-order valence-electron chi connectivity index (χ4n) is 3.24. The second-order valence-electron chi connectivity index (χ2n) is 7.44. The Morgan fingerprint density at radius 3 is 2.74 bits per heavy atom. The summed E-state index contributed by atoms with van der Waals surface area (Å²) in [6.45, 7) is 5.20. The highest BCUT2D eigenvalue weighted by Gasteiger charge is 2.34. The number of fused-ring (bicyclic) bond motifs is 1. The molecule has 0 radical (unpaired) electrons. The van der Waals surface area contributed by atoms with Crippen LogP contribution in [0.3, 0.4) is 0 Å². The number of hydrogen-bond acceptors (Lipinski definition) is 4. The molecule has 2 aromatic rings. The molecular weight excluding hydrogens is 524 g/mol. The topological polar surface area (TPSA) is 76.4 Å². The van der Waals surface area contributed by atoms with Gasteiger partial charge in [-0.1, -0.05) is 26.0 Å². The zero-order valence-electron chi connectivity index (χ0n) is 17.7. The number of hydrogen-bond donors (Lipinski definition) is 2. The van der Waals surface area contributed by atoms with Crippen LogP contribution in [0.1, 0.15) is 43.4 Å². The van der Waals surface area contributed by atoms with Crippen molar-refractivity contribution in [3.63, 3.8) is 0 Å². The quantitative estimate of drug-likeness (QED) is 0.248. The summed E-state index contributed by atoms with van der Waals surface area (Å²) in [6.07, 6.45) is -2.73. The lowest BCUT2D eigenvalue weighted by Crippen LogP contribution is -2.47. The number of nitrogens with one attached hydrogen (secondary N) is 2. The molecule has 1 aromatic heterocycles. The average Bonchev–Trinajstić information content (AvgIpc) is 3.13. The van der Waals surface area contributed by atoms with E-state index in [4.69, 9.17) is 4.74 Å². The van der Waals surface area contributed by atoms with Gasteiger partial charge in [0.1, 0.15) is 18.2 Å². The third kappa shape index (κ3) is 6.71. The largest absolute Gasteiger partial charge is 0.491 e. The average molecular weight is 552 g/mol. The maximum absolute atomic E-state index is 13.0. The van der Waals surface area contributed by atoms with Gasteiger partial charge in [0.25, 0.3) is 0 Å². The van der Waals surface area contributed by atoms with E-state index in [2.05, 4.69) is 39.6 Å². The third-order valence-corrected chi connectivity index (χ3v) is 4.80. The van der Waals surface area contributed by atoms with Gasteiger partial charge in [0.15, 0.2) is 11.8 Å². The first-order chi connectivity index (χ1) is 14.3. The molecule has 0 spiro atoms. The highest BCUT2D eigenvalue weighted by Crippen LogP contribution is 2.35. The smallest absolute Gasteiger partial charge is 0.419 e. The number of aromatic nitrogens is 3. The second-order valence-corrected chi connectivity index (χ2v) is 7.44. The van der Waals surface area contributed by atoms with E-state index in [1.54, 1.807) is 7.05 Å². The molecule has 1 aromatic carbocycles. The number of halogens is 4. The maximum Gasteiger partial charge on any atom is 0.419 e. The Balaban J connectivity index is 0.00000341. The summed E-state index contributed by atoms with van der Waals surface area (Å²) in [5.74, 6) is 2.52. The Hall–Kier alpha value is -2.05. The lowest BCUT2D eigenvalue weighted by atomic mass is 10.1. The molecule has 172 valence electrons. The summed E-state index contributed by atoms with van der Waals surface area (Å²) in [4.78, 5) is 8.77. The van der Waals surface area contributed by atoms with E-state index in [-0.39, 0.29) is 48.3 Å². The molecule has 1 unspecified atom stereocenters. The Labute approximate surface area is 196 Å². The zero-order chi connectivity index (χ0) is 21.7. The van der Waals surface area contributed by atoms with Crippen molar-refractivity contribution >= 4 is 29.9 Å². The summed E-state index contributed by atoms with van der Waals surface area (Å²) in [6, 6.07) is 5.32. The Bertz CT molecular complexity index is 884. The van der Waals surface area contributed by atoms with E-state index in [0.29, 0.717) is 19.0 Å². The molecule has 0 amide bonds. The molecule has 3 rings (SSSR count). The van der Waals surface area contributed by atoms with Gasteiger partial charge < -0.3 is 15.4 Å². The number of nitrogens with zero attached hydrogens (tertiary/aromatic N) is 4. The zero-order valence-corrected chi connectivity index (χ0v) is 20.1. The van der Waals surface area contributed by atoms with E-state index in [1.165, 1.54) is 18.2 Å². The molecule has 11 heteroatoms. The highest BCUT2D eigenvalue weighted by atomic mass is 127. The van der Waals surface area contributed by atoms with Gasteiger partial charge in [-0.3, -0.25) is 4.99 Å². The highest BCUT2D eigenvalue weighted by molar-refractivity contribution is 14.0. The van der Waals surface area contributed by atoms with Gasteiger partial charge in [0.2, 0.25) is 0 Å². The van der Waals surface area contributed by atoms with Crippen molar-refractivity contribution in [3.8, 4) is 5.75 Å². The van der Waals surface area contributed by atoms with Crippen LogP contribution in [0.2, 0.25) is 0 Å². The number of ether oxygens (including phenoxy) is 1. The summed E-state index contributed by atoms with van der Waals surface area (Å²) in [5, 5.41) is 11.0. The van der Waals surface area contributed by atoms with Crippen molar-refractivity contribution in [1.29, 1.82) is 0 Å². The molecule has 0 fully saturated rings. The van der Waals surface area contributed by atoms with Crippen LogP contribution in [-0.2, 0) is 19.1 Å². The molecule has 7 nitrogen and oxygen atoms in total. The van der Waals surface area contributed by atoms with Crippen LogP contribution in [0.4, 0.5) is 13.2 Å². The Morgan fingerprint density at radius 2 is 2.06 bits per heavy atom. The van der Waals surface area contributed by atoms with Crippen LogP contribution >= 0.6 is 24.0 Å². The number of alkyl halides is 3. The molecule has 0 aliphatic carbocycles. The molecule has 2 N–H and O–H groups in total. The first-order valence-electron chi connectivity index (χ1n) is 9.97. The van der Waals surface area contributed by atoms with Crippen molar-refractivity contribution in [1.82, 2.24) is 25.4 Å². The first-order valence-corrected chi connectivity index (χ1v) is 9.97. The van der Waals surface area contributed by atoms with Crippen molar-refractivity contribution in [2.24, 2.45) is 4.99 Å². The minimum atomic E-state index is -4.45. The molecular formula is C20H28F3IN6O. The van der Waals surface area contributed by atoms with Gasteiger partial charge in [-0.05, 0) is 18.6 Å². The lowest BCUT2D eigenvalue weighted by molar-refractivity contribution is -0.138. The molecule has 0 saturated heterocycles. The van der Waals surface area contributed by atoms with Crippen molar-refractivity contribution in [2.45, 2.75) is 51.4 Å². The predicted octanol–water partition coefficient (Wildman–Crippen LogP) is 3.60. The molecule has 1 aliphatic heterocycles. The minimum Gasteiger partial charge on any atom is -0.491 e. The monoisotopic (exact) mass is 552 g/mol. The van der Waals surface area contributed by atoms with Crippen LogP contribution in [0.15, 0.2) is 29.3 Å². The molecule has 1 atom stereocenters. The molecule has 0 bridgehead atoms. The van der Waals surface area contributed by atoms with E-state index < -0.39 is 11.7 Å². The number of benzene rings is 1. The minimum absolute atomic E-state index is 0. The van der Waals surface area contributed by atoms with E-state index >= 15 is 0 Å². The van der Waals surface area contributed by atoms with Gasteiger partial charge in [-0.15, -0.1) is 24.0 Å². The molecule has 0 saturated carbocycles. The SMILES string of the molecule is CN=C(NCCOc1ccccc1C(F)(F)F)NC1CCc2nc(C(C)C)nn2C1.I. The van der Waals surface area contributed by atoms with E-state index in [0.717, 1.165) is 30.6 Å². The molecule has 1 aliphatic rings. The van der Waals surface area contributed by atoms with Crippen LogP contribution in [0.25, 0.3) is 0 Å². The number of guanidine groups is 1. The standard InChI is InChI=1S/C20H27F3N6O.HI/c1-13(2)18-27-17-9-8-14(12-29(17)28-18)26-19(24-3)25-10-11-30-16-7-5-4-6-15(16)20(21,22)23;/h4-7,13-14H,8-12H2,1-3H3,(H2,24,25,26);1H. The van der Waals surface area contributed by atoms with Gasteiger partial charge in [0.05, 0.1) is 18.7 Å². The van der Waals surface area contributed by atoms with Crippen molar-refractivity contribution in [2.75, 3.05) is 20.2 Å². The van der Waals surface area contributed by atoms with Crippen molar-refractivity contribution in [3.05, 3.63) is 41.5 Å². The van der Waals surface area contributed by atoms with Crippen LogP contribution in [0.5, 0.6) is 5.75 Å². The van der Waals surface area contributed by atoms with E-state index in [1.807, 2.05) is 4.68 Å². The van der Waals surface area contributed by atoms with Crippen molar-refractivity contribution < 1.29 is 17.9 Å². The maximum atomic E-state index is 13.0. The lowest BCUT2D eigenvalue weighted by Gasteiger charge is -2.25. The van der Waals surface area contributed by atoms with Gasteiger partial charge in [0, 0.05) is 25.4 Å². The van der Waals surface area contributed by atoms with Gasteiger partial charge in [-0.2, -0.15) is 18.3 Å². The van der Waals surface area contributed by atoms with Crippen LogP contribution in [-0.4, -0.2) is 47.0 Å². The Kier molecular flexibility index (Phi) is 8.95. The number of rotatable bonds is 6. The summed E-state index contributed by atoms with van der Waals surface area (Å²) >= 11 is 0. The third-order valence-electron chi connectivity index (χ3n) is 4.80. The van der Waals surface area contributed by atoms with Crippen LogP contribution in [0, 0.1) is 0 Å².